The first kappa shape index (κ1) is 19.1. The lowest BCUT2D eigenvalue weighted by Gasteiger charge is -2.13. The van der Waals surface area contributed by atoms with Crippen LogP contribution in [-0.2, 0) is 13.5 Å². The summed E-state index contributed by atoms with van der Waals surface area (Å²) in [6.45, 7) is 2.01. The molecule has 31 heavy (non-hydrogen) atoms. The molecule has 0 aliphatic heterocycles. The molecule has 0 saturated heterocycles. The van der Waals surface area contributed by atoms with Gasteiger partial charge in [-0.25, -0.2) is 9.97 Å². The molecule has 4 heteroatoms. The third-order valence-electron chi connectivity index (χ3n) is 5.76. The summed E-state index contributed by atoms with van der Waals surface area (Å²) in [7, 11) is 2.04. The van der Waals surface area contributed by atoms with Crippen LogP contribution in [0.4, 0.5) is 11.5 Å². The zero-order chi connectivity index (χ0) is 21.2. The van der Waals surface area contributed by atoms with Gasteiger partial charge < -0.3 is 9.88 Å². The molecule has 5 aromatic rings. The minimum atomic E-state index is 0.865. The molecule has 0 aliphatic carbocycles. The van der Waals surface area contributed by atoms with Crippen molar-refractivity contribution < 1.29 is 0 Å². The van der Waals surface area contributed by atoms with Crippen molar-refractivity contribution in [1.29, 1.82) is 0 Å². The standard InChI is InChI=1S/C27H24N4/c1-19-28-18-26(31(19)2)21-11-8-12-23(16-21)30-27-25-14-7-6-13-24(25)22(17-29-27)15-20-9-4-3-5-10-20/h3-14,16-18H,15H2,1-2H3,(H,29,30). The fourth-order valence-corrected chi connectivity index (χ4v) is 3.97. The number of rotatable bonds is 5. The minimum absolute atomic E-state index is 0.865. The van der Waals surface area contributed by atoms with Crippen LogP contribution in [0.5, 0.6) is 0 Å². The SMILES string of the molecule is Cc1ncc(-c2cccc(Nc3ncc(Cc4ccccc4)c4ccccc34)c2)n1C. The van der Waals surface area contributed by atoms with Gasteiger partial charge in [0.1, 0.15) is 11.6 Å². The number of nitrogens with one attached hydrogen (secondary N) is 1. The van der Waals surface area contributed by atoms with Gasteiger partial charge in [-0.3, -0.25) is 0 Å². The van der Waals surface area contributed by atoms with Crippen LogP contribution in [0.1, 0.15) is 17.0 Å². The third kappa shape index (κ3) is 3.80. The maximum absolute atomic E-state index is 4.79. The van der Waals surface area contributed by atoms with Crippen molar-refractivity contribution in [3.8, 4) is 11.3 Å². The van der Waals surface area contributed by atoms with Crippen LogP contribution in [0.3, 0.4) is 0 Å². The Morgan fingerprint density at radius 1 is 0.806 bits per heavy atom. The second-order valence-corrected chi connectivity index (χ2v) is 7.80. The average molecular weight is 405 g/mol. The van der Waals surface area contributed by atoms with Crippen LogP contribution < -0.4 is 5.32 Å². The Balaban J connectivity index is 1.50. The van der Waals surface area contributed by atoms with E-state index in [1.807, 2.05) is 32.4 Å². The largest absolute Gasteiger partial charge is 0.340 e. The monoisotopic (exact) mass is 404 g/mol. The fraction of sp³-hybridized carbons (Fsp3) is 0.111. The summed E-state index contributed by atoms with van der Waals surface area (Å²) in [5.41, 5.74) is 5.74. The highest BCUT2D eigenvalue weighted by Gasteiger charge is 2.10. The molecule has 0 radical (unpaired) electrons. The van der Waals surface area contributed by atoms with E-state index in [4.69, 9.17) is 4.98 Å². The topological polar surface area (TPSA) is 42.7 Å². The van der Waals surface area contributed by atoms with Gasteiger partial charge in [-0.1, -0.05) is 66.7 Å². The number of nitrogens with zero attached hydrogens (tertiary/aromatic N) is 3. The van der Waals surface area contributed by atoms with Crippen LogP contribution in [0.15, 0.2) is 91.3 Å². The Kier molecular flexibility index (Phi) is 4.97. The zero-order valence-corrected chi connectivity index (χ0v) is 17.7. The molecular formula is C27H24N4. The number of imidazole rings is 1. The van der Waals surface area contributed by atoms with E-state index >= 15 is 0 Å². The molecular weight excluding hydrogens is 380 g/mol. The van der Waals surface area contributed by atoms with E-state index in [9.17, 15) is 0 Å². The van der Waals surface area contributed by atoms with Gasteiger partial charge in [-0.15, -0.1) is 0 Å². The van der Waals surface area contributed by atoms with E-state index in [1.54, 1.807) is 0 Å². The Morgan fingerprint density at radius 3 is 2.35 bits per heavy atom. The Labute approximate surface area is 182 Å². The Morgan fingerprint density at radius 2 is 1.58 bits per heavy atom. The van der Waals surface area contributed by atoms with Gasteiger partial charge in [-0.05, 0) is 42.0 Å². The summed E-state index contributed by atoms with van der Waals surface area (Å²) < 4.78 is 2.10. The maximum atomic E-state index is 4.79. The normalized spacial score (nSPS) is 11.0. The summed E-state index contributed by atoms with van der Waals surface area (Å²) in [5.74, 6) is 1.86. The summed E-state index contributed by atoms with van der Waals surface area (Å²) in [6.07, 6.45) is 4.77. The lowest BCUT2D eigenvalue weighted by molar-refractivity contribution is 0.865. The van der Waals surface area contributed by atoms with Crippen molar-refractivity contribution in [2.45, 2.75) is 13.3 Å². The van der Waals surface area contributed by atoms with Crippen LogP contribution in [0, 0.1) is 6.92 Å². The van der Waals surface area contributed by atoms with Crippen molar-refractivity contribution in [3.05, 3.63) is 108 Å². The number of anilines is 2. The molecule has 0 bridgehead atoms. The smallest absolute Gasteiger partial charge is 0.138 e. The zero-order valence-electron chi connectivity index (χ0n) is 17.7. The van der Waals surface area contributed by atoms with Gasteiger partial charge in [0.05, 0.1) is 11.9 Å². The van der Waals surface area contributed by atoms with Crippen molar-refractivity contribution in [2.24, 2.45) is 7.05 Å². The first-order valence-corrected chi connectivity index (χ1v) is 10.5. The quantitative estimate of drug-likeness (QED) is 0.375. The minimum Gasteiger partial charge on any atom is -0.340 e. The van der Waals surface area contributed by atoms with E-state index in [-0.39, 0.29) is 0 Å². The number of fused-ring (bicyclic) bond motifs is 1. The third-order valence-corrected chi connectivity index (χ3v) is 5.76. The fourth-order valence-electron chi connectivity index (χ4n) is 3.97. The average Bonchev–Trinajstić information content (AvgIpc) is 3.15. The Hall–Kier alpha value is -3.92. The molecule has 0 saturated carbocycles. The molecule has 0 unspecified atom stereocenters. The van der Waals surface area contributed by atoms with E-state index in [1.165, 1.54) is 16.5 Å². The van der Waals surface area contributed by atoms with Crippen molar-refractivity contribution >= 4 is 22.3 Å². The molecule has 4 nitrogen and oxygen atoms in total. The molecule has 0 amide bonds. The van der Waals surface area contributed by atoms with E-state index in [2.05, 4.69) is 87.7 Å². The molecule has 0 fully saturated rings. The molecule has 0 spiro atoms. The molecule has 3 aromatic carbocycles. The summed E-state index contributed by atoms with van der Waals surface area (Å²) in [6, 6.07) is 27.4. The van der Waals surface area contributed by atoms with Crippen molar-refractivity contribution in [1.82, 2.24) is 14.5 Å². The second-order valence-electron chi connectivity index (χ2n) is 7.80. The first-order valence-electron chi connectivity index (χ1n) is 10.5. The molecule has 1 N–H and O–H groups in total. The predicted molar refractivity (Wildman–Crippen MR) is 128 cm³/mol. The number of pyridine rings is 1. The highest BCUT2D eigenvalue weighted by atomic mass is 15.1. The van der Waals surface area contributed by atoms with E-state index in [0.29, 0.717) is 0 Å². The summed E-state index contributed by atoms with van der Waals surface area (Å²) in [5, 5.41) is 5.88. The second kappa shape index (κ2) is 8.07. The summed E-state index contributed by atoms with van der Waals surface area (Å²) >= 11 is 0. The Bertz CT molecular complexity index is 1350. The van der Waals surface area contributed by atoms with Gasteiger partial charge in [0, 0.05) is 29.9 Å². The molecule has 152 valence electrons. The molecule has 0 atom stereocenters. The summed E-state index contributed by atoms with van der Waals surface area (Å²) in [4.78, 5) is 9.22. The van der Waals surface area contributed by atoms with Crippen LogP contribution >= 0.6 is 0 Å². The van der Waals surface area contributed by atoms with Gasteiger partial charge in [0.2, 0.25) is 0 Å². The van der Waals surface area contributed by atoms with Gasteiger partial charge in [-0.2, -0.15) is 0 Å². The number of hydrogen-bond donors (Lipinski definition) is 1. The van der Waals surface area contributed by atoms with Crippen molar-refractivity contribution in [2.75, 3.05) is 5.32 Å². The number of hydrogen-bond acceptors (Lipinski definition) is 3. The van der Waals surface area contributed by atoms with E-state index in [0.717, 1.165) is 40.4 Å². The molecule has 2 heterocycles. The van der Waals surface area contributed by atoms with E-state index < -0.39 is 0 Å². The van der Waals surface area contributed by atoms with Crippen LogP contribution in [0.2, 0.25) is 0 Å². The molecule has 0 aliphatic rings. The van der Waals surface area contributed by atoms with Crippen molar-refractivity contribution in [3.63, 3.8) is 0 Å². The number of aryl methyl sites for hydroxylation is 1. The van der Waals surface area contributed by atoms with Crippen LogP contribution in [0.25, 0.3) is 22.0 Å². The van der Waals surface area contributed by atoms with Gasteiger partial charge in [0.25, 0.3) is 0 Å². The number of aromatic nitrogens is 3. The highest BCUT2D eigenvalue weighted by molar-refractivity contribution is 5.95. The highest BCUT2D eigenvalue weighted by Crippen LogP contribution is 2.30. The number of benzene rings is 3. The molecule has 2 aromatic heterocycles. The predicted octanol–water partition coefficient (Wildman–Crippen LogP) is 6.28. The van der Waals surface area contributed by atoms with Crippen LogP contribution in [-0.4, -0.2) is 14.5 Å². The van der Waals surface area contributed by atoms with Gasteiger partial charge >= 0.3 is 0 Å². The van der Waals surface area contributed by atoms with Gasteiger partial charge in [0.15, 0.2) is 0 Å². The lowest BCUT2D eigenvalue weighted by Crippen LogP contribution is -1.99. The maximum Gasteiger partial charge on any atom is 0.138 e. The first-order chi connectivity index (χ1) is 15.2. The lowest BCUT2D eigenvalue weighted by atomic mass is 10.0. The molecule has 5 rings (SSSR count).